The zero-order valence-corrected chi connectivity index (χ0v) is 18.5. The number of fused-ring (bicyclic) bond motifs is 3. The van der Waals surface area contributed by atoms with Crippen molar-refractivity contribution in [3.8, 4) is 0 Å². The van der Waals surface area contributed by atoms with Gasteiger partial charge in [0.05, 0.1) is 17.3 Å². The summed E-state index contributed by atoms with van der Waals surface area (Å²) in [5, 5.41) is 12.5. The van der Waals surface area contributed by atoms with E-state index in [0.717, 1.165) is 54.4 Å². The molecule has 8 heteroatoms. The molecule has 6 nitrogen and oxygen atoms in total. The van der Waals surface area contributed by atoms with E-state index in [-0.39, 0.29) is 11.9 Å². The Bertz CT molecular complexity index is 1190. The Morgan fingerprint density at radius 3 is 2.97 bits per heavy atom. The standard InChI is InChI=1S/C22H23N5OS2/c1-2-11-27-16-8-4-3-7-15(16)20-21(27)23-22(25-24-20)30-14-19(28)26-12-5-9-17(26)18-10-6-13-29-18/h3-4,6-8,10,13,17H,2,5,9,11-12,14H2,1H3/t17-/m1/s1. The van der Waals surface area contributed by atoms with Crippen molar-refractivity contribution in [1.29, 1.82) is 0 Å². The summed E-state index contributed by atoms with van der Waals surface area (Å²) >= 11 is 3.11. The molecule has 4 aromatic rings. The number of carbonyl (C=O) groups excluding carboxylic acids is 1. The molecule has 154 valence electrons. The van der Waals surface area contributed by atoms with Crippen LogP contribution in [0.5, 0.6) is 0 Å². The summed E-state index contributed by atoms with van der Waals surface area (Å²) in [6.45, 7) is 3.86. The lowest BCUT2D eigenvalue weighted by Gasteiger charge is -2.23. The predicted octanol–water partition coefficient (Wildman–Crippen LogP) is 4.91. The first kappa shape index (κ1) is 19.5. The zero-order valence-electron chi connectivity index (χ0n) is 16.8. The molecule has 0 unspecified atom stereocenters. The third-order valence-electron chi connectivity index (χ3n) is 5.57. The average molecular weight is 438 g/mol. The summed E-state index contributed by atoms with van der Waals surface area (Å²) in [5.41, 5.74) is 2.80. The molecule has 1 aromatic carbocycles. The number of rotatable bonds is 6. The second-order valence-electron chi connectivity index (χ2n) is 7.48. The Balaban J connectivity index is 1.37. The van der Waals surface area contributed by atoms with Gasteiger partial charge in [-0.3, -0.25) is 4.79 Å². The molecular weight excluding hydrogens is 414 g/mol. The second kappa shape index (κ2) is 8.35. The normalized spacial score (nSPS) is 16.7. The van der Waals surface area contributed by atoms with Crippen molar-refractivity contribution in [1.82, 2.24) is 24.6 Å². The highest BCUT2D eigenvalue weighted by Crippen LogP contribution is 2.35. The van der Waals surface area contributed by atoms with Crippen LogP contribution in [0.2, 0.25) is 0 Å². The van der Waals surface area contributed by atoms with Crippen molar-refractivity contribution >= 4 is 51.1 Å². The lowest BCUT2D eigenvalue weighted by Crippen LogP contribution is -2.31. The van der Waals surface area contributed by atoms with E-state index in [2.05, 4.69) is 51.3 Å². The maximum absolute atomic E-state index is 12.9. The van der Waals surface area contributed by atoms with Crippen molar-refractivity contribution in [3.05, 3.63) is 46.7 Å². The summed E-state index contributed by atoms with van der Waals surface area (Å²) in [6, 6.07) is 12.6. The number of carbonyl (C=O) groups is 1. The number of thiophene rings is 1. The third-order valence-corrected chi connectivity index (χ3v) is 7.37. The fourth-order valence-electron chi connectivity index (χ4n) is 4.25. The van der Waals surface area contributed by atoms with E-state index in [0.29, 0.717) is 10.9 Å². The van der Waals surface area contributed by atoms with Crippen LogP contribution in [0.15, 0.2) is 46.9 Å². The predicted molar refractivity (Wildman–Crippen MR) is 122 cm³/mol. The van der Waals surface area contributed by atoms with Crippen molar-refractivity contribution in [2.45, 2.75) is 43.9 Å². The van der Waals surface area contributed by atoms with Crippen LogP contribution < -0.4 is 0 Å². The number of hydrogen-bond donors (Lipinski definition) is 0. The van der Waals surface area contributed by atoms with Crippen LogP contribution in [-0.4, -0.2) is 42.9 Å². The van der Waals surface area contributed by atoms with E-state index < -0.39 is 0 Å². The first-order chi connectivity index (χ1) is 14.8. The summed E-state index contributed by atoms with van der Waals surface area (Å²) in [4.78, 5) is 21.0. The van der Waals surface area contributed by atoms with Crippen LogP contribution in [0.4, 0.5) is 0 Å². The van der Waals surface area contributed by atoms with Crippen LogP contribution in [0.25, 0.3) is 22.1 Å². The first-order valence-corrected chi connectivity index (χ1v) is 12.2. The van der Waals surface area contributed by atoms with E-state index in [1.807, 2.05) is 17.0 Å². The van der Waals surface area contributed by atoms with Gasteiger partial charge in [-0.05, 0) is 36.8 Å². The zero-order chi connectivity index (χ0) is 20.5. The highest BCUT2D eigenvalue weighted by Gasteiger charge is 2.30. The molecule has 1 aliphatic rings. The first-order valence-electron chi connectivity index (χ1n) is 10.3. The number of hydrogen-bond acceptors (Lipinski definition) is 6. The Kier molecular flexibility index (Phi) is 5.43. The van der Waals surface area contributed by atoms with Crippen molar-refractivity contribution in [2.75, 3.05) is 12.3 Å². The van der Waals surface area contributed by atoms with Gasteiger partial charge in [-0.25, -0.2) is 4.98 Å². The van der Waals surface area contributed by atoms with Crippen LogP contribution in [0, 0.1) is 0 Å². The van der Waals surface area contributed by atoms with Gasteiger partial charge in [0.1, 0.15) is 5.52 Å². The molecule has 0 bridgehead atoms. The molecule has 0 saturated carbocycles. The van der Waals surface area contributed by atoms with E-state index in [1.165, 1.54) is 16.6 Å². The van der Waals surface area contributed by atoms with Crippen LogP contribution >= 0.6 is 23.1 Å². The van der Waals surface area contributed by atoms with E-state index >= 15 is 0 Å². The van der Waals surface area contributed by atoms with Gasteiger partial charge in [0, 0.05) is 23.4 Å². The highest BCUT2D eigenvalue weighted by atomic mass is 32.2. The quantitative estimate of drug-likeness (QED) is 0.401. The Morgan fingerprint density at radius 1 is 1.23 bits per heavy atom. The summed E-state index contributed by atoms with van der Waals surface area (Å²) < 4.78 is 2.21. The average Bonchev–Trinajstić information content (AvgIpc) is 3.52. The largest absolute Gasteiger partial charge is 0.334 e. The molecule has 0 N–H and O–H groups in total. The van der Waals surface area contributed by atoms with Crippen molar-refractivity contribution in [3.63, 3.8) is 0 Å². The van der Waals surface area contributed by atoms with Gasteiger partial charge in [-0.2, -0.15) is 0 Å². The number of para-hydroxylation sites is 1. The highest BCUT2D eigenvalue weighted by molar-refractivity contribution is 7.99. The number of aromatic nitrogens is 4. The van der Waals surface area contributed by atoms with Gasteiger partial charge in [0.15, 0.2) is 5.65 Å². The molecule has 4 heterocycles. The van der Waals surface area contributed by atoms with Gasteiger partial charge < -0.3 is 9.47 Å². The van der Waals surface area contributed by atoms with Crippen molar-refractivity contribution in [2.24, 2.45) is 0 Å². The molecule has 3 aromatic heterocycles. The Hall–Kier alpha value is -2.45. The maximum Gasteiger partial charge on any atom is 0.233 e. The number of amides is 1. The van der Waals surface area contributed by atoms with E-state index in [4.69, 9.17) is 4.98 Å². The Labute approximate surface area is 183 Å². The van der Waals surface area contributed by atoms with Crippen LogP contribution in [-0.2, 0) is 11.3 Å². The fourth-order valence-corrected chi connectivity index (χ4v) is 5.79. The molecule has 1 amide bonds. The number of likely N-dealkylation sites (tertiary alicyclic amines) is 1. The van der Waals surface area contributed by atoms with Gasteiger partial charge in [0.25, 0.3) is 0 Å². The molecule has 1 aliphatic heterocycles. The lowest BCUT2D eigenvalue weighted by molar-refractivity contribution is -0.129. The van der Waals surface area contributed by atoms with E-state index in [1.54, 1.807) is 11.3 Å². The smallest absolute Gasteiger partial charge is 0.233 e. The van der Waals surface area contributed by atoms with Crippen LogP contribution in [0.1, 0.15) is 37.1 Å². The molecule has 1 saturated heterocycles. The van der Waals surface area contributed by atoms with Crippen molar-refractivity contribution < 1.29 is 4.79 Å². The molecule has 1 fully saturated rings. The minimum atomic E-state index is 0.147. The molecule has 5 rings (SSSR count). The third kappa shape index (κ3) is 3.48. The summed E-state index contributed by atoms with van der Waals surface area (Å²) in [6.07, 6.45) is 3.11. The molecule has 30 heavy (non-hydrogen) atoms. The summed E-state index contributed by atoms with van der Waals surface area (Å²) in [7, 11) is 0. The number of thioether (sulfide) groups is 1. The fraction of sp³-hybridized carbons (Fsp3) is 0.364. The Morgan fingerprint density at radius 2 is 2.13 bits per heavy atom. The number of nitrogens with zero attached hydrogens (tertiary/aromatic N) is 5. The molecular formula is C22H23N5OS2. The van der Waals surface area contributed by atoms with Gasteiger partial charge in [-0.1, -0.05) is 43.0 Å². The lowest BCUT2D eigenvalue weighted by atomic mass is 10.2. The molecule has 0 spiro atoms. The number of aryl methyl sites for hydroxylation is 1. The second-order valence-corrected chi connectivity index (χ2v) is 9.41. The SMILES string of the molecule is CCCn1c2ccccc2c2nnc(SCC(=O)N3CCC[C@@H]3c3cccs3)nc21. The van der Waals surface area contributed by atoms with Gasteiger partial charge in [0.2, 0.25) is 11.1 Å². The minimum Gasteiger partial charge on any atom is -0.334 e. The van der Waals surface area contributed by atoms with Gasteiger partial charge in [-0.15, -0.1) is 21.5 Å². The van der Waals surface area contributed by atoms with Crippen LogP contribution in [0.3, 0.4) is 0 Å². The molecule has 1 atom stereocenters. The maximum atomic E-state index is 12.9. The number of benzene rings is 1. The molecule has 0 radical (unpaired) electrons. The topological polar surface area (TPSA) is 63.9 Å². The molecule has 0 aliphatic carbocycles. The minimum absolute atomic E-state index is 0.147. The van der Waals surface area contributed by atoms with Gasteiger partial charge >= 0.3 is 0 Å². The van der Waals surface area contributed by atoms with E-state index in [9.17, 15) is 4.79 Å². The summed E-state index contributed by atoms with van der Waals surface area (Å²) in [5.74, 6) is 0.483. The monoisotopic (exact) mass is 437 g/mol.